The van der Waals surface area contributed by atoms with Gasteiger partial charge in [0.2, 0.25) is 11.8 Å². The predicted octanol–water partition coefficient (Wildman–Crippen LogP) is 2.41. The van der Waals surface area contributed by atoms with Crippen LogP contribution in [-0.4, -0.2) is 18.4 Å². The molecule has 0 radical (unpaired) electrons. The van der Waals surface area contributed by atoms with Gasteiger partial charge in [0.1, 0.15) is 12.4 Å². The standard InChI is InChI=1S/C20H22N2O3/c23-19-11-8-17(13-21-19)20(24)22-12-15-6-9-18(10-7-15)25-14-16-4-2-1-3-5-16/h1-7,9-10,17H,8,11-14H2,(H,21,23)(H,22,24). The highest BCUT2D eigenvalue weighted by molar-refractivity contribution is 5.83. The number of nitrogens with one attached hydrogen (secondary N) is 2. The summed E-state index contributed by atoms with van der Waals surface area (Å²) in [5.74, 6) is 0.680. The van der Waals surface area contributed by atoms with Crippen molar-refractivity contribution in [2.75, 3.05) is 6.54 Å². The van der Waals surface area contributed by atoms with Crippen molar-refractivity contribution in [3.63, 3.8) is 0 Å². The summed E-state index contributed by atoms with van der Waals surface area (Å²) in [4.78, 5) is 23.2. The minimum atomic E-state index is -0.133. The van der Waals surface area contributed by atoms with Gasteiger partial charge in [0.15, 0.2) is 0 Å². The molecule has 130 valence electrons. The zero-order valence-electron chi connectivity index (χ0n) is 14.0. The predicted molar refractivity (Wildman–Crippen MR) is 94.8 cm³/mol. The van der Waals surface area contributed by atoms with Gasteiger partial charge < -0.3 is 15.4 Å². The van der Waals surface area contributed by atoms with E-state index in [2.05, 4.69) is 10.6 Å². The molecule has 2 amide bonds. The van der Waals surface area contributed by atoms with Crippen LogP contribution in [0.1, 0.15) is 24.0 Å². The third-order valence-corrected chi connectivity index (χ3v) is 4.27. The molecule has 5 nitrogen and oxygen atoms in total. The average molecular weight is 338 g/mol. The summed E-state index contributed by atoms with van der Waals surface area (Å²) in [6, 6.07) is 17.7. The fourth-order valence-corrected chi connectivity index (χ4v) is 2.73. The second-order valence-electron chi connectivity index (χ2n) is 6.18. The number of rotatable bonds is 6. The van der Waals surface area contributed by atoms with Crippen LogP contribution in [0.2, 0.25) is 0 Å². The van der Waals surface area contributed by atoms with Crippen LogP contribution in [0.4, 0.5) is 0 Å². The number of ether oxygens (including phenoxy) is 1. The van der Waals surface area contributed by atoms with E-state index in [1.807, 2.05) is 54.6 Å². The van der Waals surface area contributed by atoms with Crippen LogP contribution in [0.5, 0.6) is 5.75 Å². The van der Waals surface area contributed by atoms with E-state index in [0.29, 0.717) is 32.5 Å². The molecule has 5 heteroatoms. The Kier molecular flexibility index (Phi) is 5.67. The molecule has 1 unspecified atom stereocenters. The summed E-state index contributed by atoms with van der Waals surface area (Å²) in [6.45, 7) is 1.43. The van der Waals surface area contributed by atoms with Gasteiger partial charge in [-0.1, -0.05) is 42.5 Å². The lowest BCUT2D eigenvalue weighted by Crippen LogP contribution is -2.42. The molecule has 1 heterocycles. The molecule has 1 atom stereocenters. The molecular weight excluding hydrogens is 316 g/mol. The molecule has 1 fully saturated rings. The fraction of sp³-hybridized carbons (Fsp3) is 0.300. The van der Waals surface area contributed by atoms with Gasteiger partial charge in [-0.05, 0) is 29.7 Å². The summed E-state index contributed by atoms with van der Waals surface area (Å²) in [5.41, 5.74) is 2.14. The van der Waals surface area contributed by atoms with Crippen molar-refractivity contribution in [3.05, 3.63) is 65.7 Å². The van der Waals surface area contributed by atoms with E-state index in [9.17, 15) is 9.59 Å². The Hall–Kier alpha value is -2.82. The number of piperidine rings is 1. The maximum atomic E-state index is 12.1. The largest absolute Gasteiger partial charge is 0.489 e. The van der Waals surface area contributed by atoms with E-state index in [1.165, 1.54) is 0 Å². The fourth-order valence-electron chi connectivity index (χ4n) is 2.73. The first-order chi connectivity index (χ1) is 12.2. The number of hydrogen-bond acceptors (Lipinski definition) is 3. The highest BCUT2D eigenvalue weighted by atomic mass is 16.5. The SMILES string of the molecule is O=C1CCC(C(=O)NCc2ccc(OCc3ccccc3)cc2)CN1. The maximum absolute atomic E-state index is 12.1. The van der Waals surface area contributed by atoms with Crippen LogP contribution in [0.25, 0.3) is 0 Å². The summed E-state index contributed by atoms with van der Waals surface area (Å²) >= 11 is 0. The lowest BCUT2D eigenvalue weighted by molar-refractivity contribution is -0.129. The molecular formula is C20H22N2O3. The third-order valence-electron chi connectivity index (χ3n) is 4.27. The van der Waals surface area contributed by atoms with Crippen molar-refractivity contribution in [1.82, 2.24) is 10.6 Å². The highest BCUT2D eigenvalue weighted by Gasteiger charge is 2.23. The van der Waals surface area contributed by atoms with E-state index < -0.39 is 0 Å². The molecule has 2 N–H and O–H groups in total. The Morgan fingerprint density at radius 2 is 1.84 bits per heavy atom. The van der Waals surface area contributed by atoms with Crippen LogP contribution in [0.3, 0.4) is 0 Å². The highest BCUT2D eigenvalue weighted by Crippen LogP contribution is 2.15. The number of amides is 2. The van der Waals surface area contributed by atoms with E-state index in [1.54, 1.807) is 0 Å². The molecule has 0 aromatic heterocycles. The van der Waals surface area contributed by atoms with E-state index in [-0.39, 0.29) is 17.7 Å². The van der Waals surface area contributed by atoms with Gasteiger partial charge in [0.05, 0.1) is 5.92 Å². The lowest BCUT2D eigenvalue weighted by Gasteiger charge is -2.21. The second kappa shape index (κ2) is 8.33. The average Bonchev–Trinajstić information content (AvgIpc) is 2.67. The first kappa shape index (κ1) is 17.0. The molecule has 0 spiro atoms. The lowest BCUT2D eigenvalue weighted by atomic mass is 9.98. The summed E-state index contributed by atoms with van der Waals surface area (Å²) in [5, 5.41) is 5.66. The van der Waals surface area contributed by atoms with Crippen LogP contribution >= 0.6 is 0 Å². The second-order valence-corrected chi connectivity index (χ2v) is 6.18. The Morgan fingerprint density at radius 1 is 1.08 bits per heavy atom. The zero-order chi connectivity index (χ0) is 17.5. The van der Waals surface area contributed by atoms with Gasteiger partial charge in [-0.15, -0.1) is 0 Å². The van der Waals surface area contributed by atoms with Crippen LogP contribution < -0.4 is 15.4 Å². The molecule has 2 aromatic carbocycles. The molecule has 3 rings (SSSR count). The van der Waals surface area contributed by atoms with Crippen molar-refractivity contribution in [1.29, 1.82) is 0 Å². The summed E-state index contributed by atoms with van der Waals surface area (Å²) < 4.78 is 5.75. The van der Waals surface area contributed by atoms with Crippen LogP contribution in [-0.2, 0) is 22.7 Å². The molecule has 1 aliphatic rings. The van der Waals surface area contributed by atoms with Gasteiger partial charge in [-0.25, -0.2) is 0 Å². The van der Waals surface area contributed by atoms with Crippen molar-refractivity contribution < 1.29 is 14.3 Å². The minimum absolute atomic E-state index is 0.00981. The third kappa shape index (κ3) is 5.08. The van der Waals surface area contributed by atoms with Crippen LogP contribution in [0, 0.1) is 5.92 Å². The first-order valence-corrected chi connectivity index (χ1v) is 8.51. The van der Waals surface area contributed by atoms with E-state index >= 15 is 0 Å². The smallest absolute Gasteiger partial charge is 0.225 e. The Bertz CT molecular complexity index is 703. The van der Waals surface area contributed by atoms with Crippen molar-refractivity contribution in [3.8, 4) is 5.75 Å². The first-order valence-electron chi connectivity index (χ1n) is 8.51. The molecule has 0 saturated carbocycles. The number of benzene rings is 2. The molecule has 25 heavy (non-hydrogen) atoms. The Labute approximate surface area is 147 Å². The van der Waals surface area contributed by atoms with Crippen molar-refractivity contribution in [2.24, 2.45) is 5.92 Å². The quantitative estimate of drug-likeness (QED) is 0.850. The number of carbonyl (C=O) groups excluding carboxylic acids is 2. The molecule has 0 bridgehead atoms. The van der Waals surface area contributed by atoms with Gasteiger partial charge in [0, 0.05) is 19.5 Å². The van der Waals surface area contributed by atoms with Gasteiger partial charge in [0.25, 0.3) is 0 Å². The van der Waals surface area contributed by atoms with Crippen molar-refractivity contribution >= 4 is 11.8 Å². The van der Waals surface area contributed by atoms with E-state index in [4.69, 9.17) is 4.74 Å². The van der Waals surface area contributed by atoms with Gasteiger partial charge in [-0.3, -0.25) is 9.59 Å². The van der Waals surface area contributed by atoms with Crippen molar-refractivity contribution in [2.45, 2.75) is 26.0 Å². The summed E-state index contributed by atoms with van der Waals surface area (Å²) in [6.07, 6.45) is 1.04. The van der Waals surface area contributed by atoms with Gasteiger partial charge >= 0.3 is 0 Å². The monoisotopic (exact) mass is 338 g/mol. The van der Waals surface area contributed by atoms with Gasteiger partial charge in [-0.2, -0.15) is 0 Å². The molecule has 0 aliphatic carbocycles. The number of hydrogen-bond donors (Lipinski definition) is 2. The van der Waals surface area contributed by atoms with E-state index in [0.717, 1.165) is 16.9 Å². The molecule has 1 saturated heterocycles. The Balaban J connectivity index is 1.44. The van der Waals surface area contributed by atoms with Crippen LogP contribution in [0.15, 0.2) is 54.6 Å². The Morgan fingerprint density at radius 3 is 2.52 bits per heavy atom. The summed E-state index contributed by atoms with van der Waals surface area (Å²) in [7, 11) is 0. The number of carbonyl (C=O) groups is 2. The normalized spacial score (nSPS) is 16.8. The minimum Gasteiger partial charge on any atom is -0.489 e. The topological polar surface area (TPSA) is 67.4 Å². The molecule has 1 aliphatic heterocycles. The molecule has 2 aromatic rings. The zero-order valence-corrected chi connectivity index (χ0v) is 14.0. The maximum Gasteiger partial charge on any atom is 0.225 e.